The number of hydrogen-bond donors (Lipinski definition) is 3. The first-order valence-corrected chi connectivity index (χ1v) is 7.33. The van der Waals surface area contributed by atoms with Gasteiger partial charge in [-0.2, -0.15) is 0 Å². The molecule has 0 aromatic heterocycles. The Hall–Kier alpha value is -0.610. The Kier molecular flexibility index (Phi) is 5.39. The molecule has 1 aliphatic carbocycles. The van der Waals surface area contributed by atoms with Crippen LogP contribution in [0.15, 0.2) is 0 Å². The minimum atomic E-state index is -0.310. The zero-order valence-corrected chi connectivity index (χ0v) is 13.0. The molecule has 0 spiro atoms. The molecular weight excluding hydrogens is 240 g/mol. The lowest BCUT2D eigenvalue weighted by atomic mass is 9.64. The molecular formula is C15H30N2O2. The molecule has 4 nitrogen and oxygen atoms in total. The maximum absolute atomic E-state index is 11.7. The minimum absolute atomic E-state index is 0.00106. The van der Waals surface area contributed by atoms with Gasteiger partial charge in [0.25, 0.3) is 0 Å². The number of nitrogens with one attached hydrogen (secondary N) is 2. The lowest BCUT2D eigenvalue weighted by Gasteiger charge is -2.47. The van der Waals surface area contributed by atoms with Gasteiger partial charge in [-0.1, -0.05) is 20.8 Å². The van der Waals surface area contributed by atoms with Crippen LogP contribution in [0.1, 0.15) is 53.9 Å². The largest absolute Gasteiger partial charge is 0.394 e. The van der Waals surface area contributed by atoms with Crippen molar-refractivity contribution in [2.75, 3.05) is 13.2 Å². The first-order valence-electron chi connectivity index (χ1n) is 7.33. The topological polar surface area (TPSA) is 61.4 Å². The van der Waals surface area contributed by atoms with E-state index in [1.165, 1.54) is 6.42 Å². The van der Waals surface area contributed by atoms with Crippen molar-refractivity contribution < 1.29 is 9.90 Å². The van der Waals surface area contributed by atoms with Crippen molar-refractivity contribution in [2.45, 2.75) is 65.5 Å². The van der Waals surface area contributed by atoms with Gasteiger partial charge >= 0.3 is 0 Å². The number of carbonyl (C=O) groups excluding carboxylic acids is 1. The van der Waals surface area contributed by atoms with E-state index in [4.69, 9.17) is 0 Å². The van der Waals surface area contributed by atoms with E-state index in [1.807, 2.05) is 13.8 Å². The van der Waals surface area contributed by atoms with Gasteiger partial charge in [-0.3, -0.25) is 4.79 Å². The second-order valence-corrected chi connectivity index (χ2v) is 7.37. The number of rotatable bonds is 5. The van der Waals surface area contributed by atoms with Crippen LogP contribution in [0.5, 0.6) is 0 Å². The highest BCUT2D eigenvalue weighted by Gasteiger charge is 2.42. The third kappa shape index (κ3) is 5.11. The molecule has 0 heterocycles. The maximum Gasteiger partial charge on any atom is 0.234 e. The smallest absolute Gasteiger partial charge is 0.234 e. The van der Waals surface area contributed by atoms with Gasteiger partial charge in [0.15, 0.2) is 0 Å². The summed E-state index contributed by atoms with van der Waals surface area (Å²) in [6.07, 6.45) is 3.02. The van der Waals surface area contributed by atoms with Crippen LogP contribution >= 0.6 is 0 Å². The summed E-state index contributed by atoms with van der Waals surface area (Å²) < 4.78 is 0. The van der Waals surface area contributed by atoms with Gasteiger partial charge in [-0.15, -0.1) is 0 Å². The van der Waals surface area contributed by atoms with Crippen molar-refractivity contribution in [3.05, 3.63) is 0 Å². The quantitative estimate of drug-likeness (QED) is 0.712. The Morgan fingerprint density at radius 1 is 1.37 bits per heavy atom. The van der Waals surface area contributed by atoms with Crippen LogP contribution in [0.25, 0.3) is 0 Å². The molecule has 0 radical (unpaired) electrons. The van der Waals surface area contributed by atoms with E-state index in [2.05, 4.69) is 31.4 Å². The number of amides is 1. The molecule has 1 aliphatic rings. The third-order valence-electron chi connectivity index (χ3n) is 3.83. The van der Waals surface area contributed by atoms with Gasteiger partial charge in [-0.05, 0) is 44.4 Å². The van der Waals surface area contributed by atoms with Crippen LogP contribution in [0.4, 0.5) is 0 Å². The molecule has 4 heteroatoms. The monoisotopic (exact) mass is 270 g/mol. The summed E-state index contributed by atoms with van der Waals surface area (Å²) in [4.78, 5) is 11.7. The van der Waals surface area contributed by atoms with E-state index < -0.39 is 0 Å². The summed E-state index contributed by atoms with van der Waals surface area (Å²) >= 11 is 0. The standard InChI is InChI=1S/C15H30N2O2/c1-11(2)17-13(19)8-16-15(10-18)7-12(3)6-14(4,5)9-15/h11-12,16,18H,6-10H2,1-5H3,(H,17,19)/t12-,15-/m1/s1. The van der Waals surface area contributed by atoms with Crippen molar-refractivity contribution >= 4 is 5.91 Å². The van der Waals surface area contributed by atoms with Crippen molar-refractivity contribution in [1.29, 1.82) is 0 Å². The summed E-state index contributed by atoms with van der Waals surface area (Å²) in [7, 11) is 0. The van der Waals surface area contributed by atoms with E-state index >= 15 is 0 Å². The van der Waals surface area contributed by atoms with Gasteiger partial charge in [0, 0.05) is 11.6 Å². The van der Waals surface area contributed by atoms with Gasteiger partial charge < -0.3 is 15.7 Å². The van der Waals surface area contributed by atoms with Crippen molar-refractivity contribution in [3.8, 4) is 0 Å². The zero-order valence-electron chi connectivity index (χ0n) is 13.0. The third-order valence-corrected chi connectivity index (χ3v) is 3.83. The Balaban J connectivity index is 2.62. The Labute approximate surface area is 117 Å². The van der Waals surface area contributed by atoms with E-state index in [-0.39, 0.29) is 36.1 Å². The fourth-order valence-corrected chi connectivity index (χ4v) is 3.69. The van der Waals surface area contributed by atoms with Crippen molar-refractivity contribution in [3.63, 3.8) is 0 Å². The van der Waals surface area contributed by atoms with Crippen LogP contribution in [-0.4, -0.2) is 35.7 Å². The maximum atomic E-state index is 11.7. The van der Waals surface area contributed by atoms with Crippen LogP contribution in [0.3, 0.4) is 0 Å². The van der Waals surface area contributed by atoms with E-state index in [0.29, 0.717) is 5.92 Å². The van der Waals surface area contributed by atoms with Gasteiger partial charge in [0.2, 0.25) is 5.91 Å². The molecule has 1 saturated carbocycles. The molecule has 0 bridgehead atoms. The number of aliphatic hydroxyl groups excluding tert-OH is 1. The predicted octanol–water partition coefficient (Wildman–Crippen LogP) is 1.68. The van der Waals surface area contributed by atoms with Crippen molar-refractivity contribution in [1.82, 2.24) is 10.6 Å². The van der Waals surface area contributed by atoms with E-state index in [1.54, 1.807) is 0 Å². The summed E-state index contributed by atoms with van der Waals surface area (Å²) in [5.74, 6) is 0.565. The second kappa shape index (κ2) is 6.23. The first kappa shape index (κ1) is 16.4. The molecule has 0 unspecified atom stereocenters. The van der Waals surface area contributed by atoms with Gasteiger partial charge in [0.1, 0.15) is 0 Å². The lowest BCUT2D eigenvalue weighted by molar-refractivity contribution is -0.121. The average Bonchev–Trinajstić information content (AvgIpc) is 2.23. The van der Waals surface area contributed by atoms with E-state index in [9.17, 15) is 9.90 Å². The highest BCUT2D eigenvalue weighted by atomic mass is 16.3. The number of carbonyl (C=O) groups is 1. The highest BCUT2D eigenvalue weighted by molar-refractivity contribution is 5.78. The molecule has 0 aromatic carbocycles. The fraction of sp³-hybridized carbons (Fsp3) is 0.933. The Morgan fingerprint density at radius 3 is 2.47 bits per heavy atom. The highest BCUT2D eigenvalue weighted by Crippen LogP contribution is 2.43. The molecule has 0 saturated heterocycles. The fourth-order valence-electron chi connectivity index (χ4n) is 3.69. The van der Waals surface area contributed by atoms with Crippen LogP contribution < -0.4 is 10.6 Å². The SMILES string of the molecule is CC(C)NC(=O)CN[C@]1(CO)C[C@H](C)CC(C)(C)C1. The number of aliphatic hydroxyl groups is 1. The Morgan fingerprint density at radius 2 is 2.00 bits per heavy atom. The van der Waals surface area contributed by atoms with Crippen LogP contribution in [0, 0.1) is 11.3 Å². The normalized spacial score (nSPS) is 30.4. The first-order chi connectivity index (χ1) is 8.68. The number of hydrogen-bond acceptors (Lipinski definition) is 3. The summed E-state index contributed by atoms with van der Waals surface area (Å²) in [6, 6.07) is 0.154. The zero-order chi connectivity index (χ0) is 14.7. The Bertz CT molecular complexity index is 315. The van der Waals surface area contributed by atoms with Gasteiger partial charge in [-0.25, -0.2) is 0 Å². The molecule has 0 aromatic rings. The predicted molar refractivity (Wildman–Crippen MR) is 77.9 cm³/mol. The second-order valence-electron chi connectivity index (χ2n) is 7.37. The molecule has 19 heavy (non-hydrogen) atoms. The molecule has 112 valence electrons. The molecule has 3 N–H and O–H groups in total. The van der Waals surface area contributed by atoms with E-state index in [0.717, 1.165) is 12.8 Å². The molecule has 1 amide bonds. The molecule has 0 aliphatic heterocycles. The summed E-state index contributed by atoms with van der Waals surface area (Å²) in [5, 5.41) is 16.0. The van der Waals surface area contributed by atoms with Crippen LogP contribution in [-0.2, 0) is 4.79 Å². The lowest BCUT2D eigenvalue weighted by Crippen LogP contribution is -2.57. The molecule has 1 fully saturated rings. The molecule has 1 rings (SSSR count). The summed E-state index contributed by atoms with van der Waals surface area (Å²) in [5.41, 5.74) is -0.0998. The molecule has 2 atom stereocenters. The minimum Gasteiger partial charge on any atom is -0.394 e. The van der Waals surface area contributed by atoms with Crippen molar-refractivity contribution in [2.24, 2.45) is 11.3 Å². The summed E-state index contributed by atoms with van der Waals surface area (Å²) in [6.45, 7) is 11.0. The van der Waals surface area contributed by atoms with Gasteiger partial charge in [0.05, 0.1) is 13.2 Å². The average molecular weight is 270 g/mol. The van der Waals surface area contributed by atoms with Crippen LogP contribution in [0.2, 0.25) is 0 Å².